The molecule has 0 radical (unpaired) electrons. The Morgan fingerprint density at radius 1 is 1.44 bits per heavy atom. The molecule has 16 heavy (non-hydrogen) atoms. The van der Waals surface area contributed by atoms with E-state index in [1.165, 1.54) is 5.57 Å². The lowest BCUT2D eigenvalue weighted by atomic mass is 9.93. The van der Waals surface area contributed by atoms with Gasteiger partial charge in [-0.05, 0) is 25.8 Å². The van der Waals surface area contributed by atoms with Crippen molar-refractivity contribution in [3.05, 3.63) is 11.3 Å². The Kier molecular flexibility index (Phi) is 3.89. The van der Waals surface area contributed by atoms with Crippen LogP contribution in [0.2, 0.25) is 0 Å². The molecular weight excluding hydrogens is 200 g/mol. The number of nitrogens with zero attached hydrogens (tertiary/aromatic N) is 2. The van der Waals surface area contributed by atoms with Gasteiger partial charge in [0.05, 0.1) is 12.2 Å². The normalized spacial score (nSPS) is 18.4. The predicted octanol–water partition coefficient (Wildman–Crippen LogP) is 2.63. The van der Waals surface area contributed by atoms with Gasteiger partial charge in [0, 0.05) is 18.2 Å². The first-order valence-electron chi connectivity index (χ1n) is 5.83. The van der Waals surface area contributed by atoms with Crippen LogP contribution in [-0.4, -0.2) is 30.1 Å². The molecule has 0 bridgehead atoms. The molecule has 0 aromatic carbocycles. The van der Waals surface area contributed by atoms with E-state index < -0.39 is 0 Å². The Labute approximate surface area is 98.2 Å². The number of hydrogen-bond donors (Lipinski definition) is 0. The maximum atomic E-state index is 12.1. The number of aliphatic imine (C=N–C) groups is 1. The highest BCUT2D eigenvalue weighted by atomic mass is 16.2. The van der Waals surface area contributed by atoms with Crippen LogP contribution in [0.1, 0.15) is 41.0 Å². The molecule has 0 unspecified atom stereocenters. The van der Waals surface area contributed by atoms with Gasteiger partial charge in [-0.1, -0.05) is 20.8 Å². The van der Waals surface area contributed by atoms with Crippen LogP contribution in [0.25, 0.3) is 0 Å². The molecule has 0 N–H and O–H groups in total. The van der Waals surface area contributed by atoms with Gasteiger partial charge >= 0.3 is 0 Å². The fourth-order valence-corrected chi connectivity index (χ4v) is 1.80. The van der Waals surface area contributed by atoms with Crippen LogP contribution in [0.3, 0.4) is 0 Å². The second-order valence-corrected chi connectivity index (χ2v) is 5.34. The summed E-state index contributed by atoms with van der Waals surface area (Å²) in [7, 11) is 0. The molecule has 1 rings (SSSR count). The molecule has 0 aromatic heterocycles. The van der Waals surface area contributed by atoms with Gasteiger partial charge in [0.15, 0.2) is 0 Å². The summed E-state index contributed by atoms with van der Waals surface area (Å²) >= 11 is 0. The van der Waals surface area contributed by atoms with Crippen LogP contribution < -0.4 is 0 Å². The first kappa shape index (κ1) is 12.9. The smallest absolute Gasteiger partial charge is 0.228 e. The van der Waals surface area contributed by atoms with Gasteiger partial charge in [0.25, 0.3) is 0 Å². The summed E-state index contributed by atoms with van der Waals surface area (Å²) in [4.78, 5) is 18.4. The van der Waals surface area contributed by atoms with Crippen LogP contribution in [0, 0.1) is 5.41 Å². The summed E-state index contributed by atoms with van der Waals surface area (Å²) in [6, 6.07) is 0. The molecule has 1 aliphatic heterocycles. The minimum Gasteiger partial charge on any atom is -0.336 e. The van der Waals surface area contributed by atoms with Gasteiger partial charge in [0.1, 0.15) is 0 Å². The molecule has 0 saturated heterocycles. The Bertz CT molecular complexity index is 334. The minimum absolute atomic E-state index is 0.212. The van der Waals surface area contributed by atoms with Crippen LogP contribution in [-0.2, 0) is 4.79 Å². The predicted molar refractivity (Wildman–Crippen MR) is 67.5 cm³/mol. The molecule has 0 aromatic rings. The topological polar surface area (TPSA) is 32.7 Å². The van der Waals surface area contributed by atoms with E-state index in [9.17, 15) is 4.79 Å². The van der Waals surface area contributed by atoms with Crippen molar-refractivity contribution in [3.63, 3.8) is 0 Å². The Morgan fingerprint density at radius 2 is 2.06 bits per heavy atom. The van der Waals surface area contributed by atoms with E-state index in [0.717, 1.165) is 18.7 Å². The van der Waals surface area contributed by atoms with Gasteiger partial charge in [-0.3, -0.25) is 9.79 Å². The lowest BCUT2D eigenvalue weighted by Gasteiger charge is -2.33. The van der Waals surface area contributed by atoms with Crippen LogP contribution in [0.15, 0.2) is 16.3 Å². The van der Waals surface area contributed by atoms with Gasteiger partial charge < -0.3 is 4.90 Å². The molecule has 1 amide bonds. The highest BCUT2D eigenvalue weighted by Gasteiger charge is 2.29. The third-order valence-electron chi connectivity index (χ3n) is 2.80. The van der Waals surface area contributed by atoms with Gasteiger partial charge in [0.2, 0.25) is 5.91 Å². The average Bonchev–Trinajstić information content (AvgIpc) is 2.19. The van der Waals surface area contributed by atoms with Crippen LogP contribution in [0.4, 0.5) is 0 Å². The molecular formula is C13H22N2O. The summed E-state index contributed by atoms with van der Waals surface area (Å²) < 4.78 is 0. The number of rotatable bonds is 1. The van der Waals surface area contributed by atoms with Crippen molar-refractivity contribution in [3.8, 4) is 0 Å². The van der Waals surface area contributed by atoms with Gasteiger partial charge in [-0.25, -0.2) is 0 Å². The molecule has 90 valence electrons. The second kappa shape index (κ2) is 4.81. The molecule has 0 atom stereocenters. The van der Waals surface area contributed by atoms with Crippen molar-refractivity contribution in [2.24, 2.45) is 10.4 Å². The standard InChI is InChI=1S/C13H22N2O/c1-6-14-11-9-15(8-7-10(11)2)12(16)13(3,4)5/h6H,7-9H2,1-5H3/b14-6-. The molecule has 3 nitrogen and oxygen atoms in total. The Hall–Kier alpha value is -1.12. The van der Waals surface area contributed by atoms with Crippen LogP contribution in [0.5, 0.6) is 0 Å². The third-order valence-corrected chi connectivity index (χ3v) is 2.80. The zero-order valence-corrected chi connectivity index (χ0v) is 11.0. The van der Waals surface area contributed by atoms with Crippen molar-refractivity contribution < 1.29 is 4.79 Å². The highest BCUT2D eigenvalue weighted by molar-refractivity contribution is 5.82. The average molecular weight is 222 g/mol. The fourth-order valence-electron chi connectivity index (χ4n) is 1.80. The third kappa shape index (κ3) is 2.94. The number of carbonyl (C=O) groups excluding carboxylic acids is 1. The Balaban J connectivity index is 2.81. The molecule has 3 heteroatoms. The largest absolute Gasteiger partial charge is 0.336 e. The fraction of sp³-hybridized carbons (Fsp3) is 0.692. The monoisotopic (exact) mass is 222 g/mol. The van der Waals surface area contributed by atoms with Gasteiger partial charge in [-0.15, -0.1) is 0 Å². The zero-order valence-electron chi connectivity index (χ0n) is 11.0. The van der Waals surface area contributed by atoms with Crippen molar-refractivity contribution in [2.45, 2.75) is 41.0 Å². The molecule has 0 fully saturated rings. The molecule has 0 aliphatic carbocycles. The van der Waals surface area contributed by atoms with E-state index in [1.54, 1.807) is 6.21 Å². The lowest BCUT2D eigenvalue weighted by Crippen LogP contribution is -2.42. The van der Waals surface area contributed by atoms with E-state index in [-0.39, 0.29) is 11.3 Å². The van der Waals surface area contributed by atoms with Crippen molar-refractivity contribution in [1.29, 1.82) is 0 Å². The van der Waals surface area contributed by atoms with E-state index in [4.69, 9.17) is 0 Å². The second-order valence-electron chi connectivity index (χ2n) is 5.34. The van der Waals surface area contributed by atoms with Crippen molar-refractivity contribution in [2.75, 3.05) is 13.1 Å². The van der Waals surface area contributed by atoms with E-state index >= 15 is 0 Å². The summed E-state index contributed by atoms with van der Waals surface area (Å²) in [6.45, 7) is 11.4. The number of hydrogen-bond acceptors (Lipinski definition) is 2. The van der Waals surface area contributed by atoms with E-state index in [0.29, 0.717) is 6.54 Å². The molecule has 0 saturated carbocycles. The summed E-state index contributed by atoms with van der Waals surface area (Å²) in [5.41, 5.74) is 2.05. The maximum Gasteiger partial charge on any atom is 0.228 e. The molecule has 1 heterocycles. The SMILES string of the molecule is C/C=N\C1=C(C)CCN(C(=O)C(C)(C)C)C1. The minimum atomic E-state index is -0.299. The summed E-state index contributed by atoms with van der Waals surface area (Å²) in [5.74, 6) is 0.212. The van der Waals surface area contributed by atoms with E-state index in [1.807, 2.05) is 32.6 Å². The summed E-state index contributed by atoms with van der Waals surface area (Å²) in [5, 5.41) is 0. The first-order valence-corrected chi connectivity index (χ1v) is 5.83. The van der Waals surface area contributed by atoms with Crippen LogP contribution >= 0.6 is 0 Å². The Morgan fingerprint density at radius 3 is 2.56 bits per heavy atom. The first-order chi connectivity index (χ1) is 7.36. The number of amides is 1. The molecule has 1 aliphatic rings. The van der Waals surface area contributed by atoms with Gasteiger partial charge in [-0.2, -0.15) is 0 Å². The zero-order chi connectivity index (χ0) is 12.3. The maximum absolute atomic E-state index is 12.1. The summed E-state index contributed by atoms with van der Waals surface area (Å²) in [6.07, 6.45) is 2.73. The number of carbonyl (C=O) groups is 1. The van der Waals surface area contributed by atoms with Crippen molar-refractivity contribution in [1.82, 2.24) is 4.90 Å². The lowest BCUT2D eigenvalue weighted by molar-refractivity contribution is -0.139. The molecule has 0 spiro atoms. The quantitative estimate of drug-likeness (QED) is 0.628. The highest BCUT2D eigenvalue weighted by Crippen LogP contribution is 2.24. The van der Waals surface area contributed by atoms with E-state index in [2.05, 4.69) is 11.9 Å². The van der Waals surface area contributed by atoms with Crippen molar-refractivity contribution >= 4 is 12.1 Å².